The lowest BCUT2D eigenvalue weighted by Gasteiger charge is -2.32. The van der Waals surface area contributed by atoms with Crippen molar-refractivity contribution >= 4 is 6.03 Å². The summed E-state index contributed by atoms with van der Waals surface area (Å²) in [5.74, 6) is 0.574. The van der Waals surface area contributed by atoms with Crippen LogP contribution in [0.5, 0.6) is 0 Å². The molecule has 0 atom stereocenters. The van der Waals surface area contributed by atoms with Crippen LogP contribution in [0.25, 0.3) is 0 Å². The number of carbonyl (C=O) groups is 1. The molecule has 1 aliphatic heterocycles. The Hall–Kier alpha value is -0.810. The van der Waals surface area contributed by atoms with Crippen LogP contribution >= 0.6 is 0 Å². The first kappa shape index (κ1) is 15.2. The molecule has 0 aliphatic carbocycles. The zero-order valence-corrected chi connectivity index (χ0v) is 11.8. The molecule has 5 nitrogen and oxygen atoms in total. The van der Waals surface area contributed by atoms with Crippen molar-refractivity contribution in [1.29, 1.82) is 0 Å². The average molecular weight is 258 g/mol. The van der Waals surface area contributed by atoms with E-state index < -0.39 is 0 Å². The second-order valence-corrected chi connectivity index (χ2v) is 5.10. The first-order chi connectivity index (χ1) is 8.63. The molecule has 2 amide bonds. The Kier molecular flexibility index (Phi) is 7.05. The smallest absolute Gasteiger partial charge is 0.317 e. The number of hydrogen-bond donors (Lipinski definition) is 1. The van der Waals surface area contributed by atoms with Gasteiger partial charge in [-0.1, -0.05) is 0 Å². The highest BCUT2D eigenvalue weighted by molar-refractivity contribution is 5.74. The lowest BCUT2D eigenvalue weighted by atomic mass is 9.98. The van der Waals surface area contributed by atoms with E-state index in [1.807, 2.05) is 18.7 Å². The van der Waals surface area contributed by atoms with Crippen LogP contribution in [0.15, 0.2) is 0 Å². The number of hydrogen-bond acceptors (Lipinski definition) is 3. The zero-order valence-electron chi connectivity index (χ0n) is 11.8. The molecule has 0 aromatic carbocycles. The van der Waals surface area contributed by atoms with Gasteiger partial charge < -0.3 is 19.7 Å². The van der Waals surface area contributed by atoms with Gasteiger partial charge >= 0.3 is 6.03 Å². The van der Waals surface area contributed by atoms with E-state index in [0.29, 0.717) is 19.1 Å². The van der Waals surface area contributed by atoms with Crippen LogP contribution in [0.4, 0.5) is 4.79 Å². The fraction of sp³-hybridized carbons (Fsp3) is 0.923. The maximum absolute atomic E-state index is 11.8. The molecule has 18 heavy (non-hydrogen) atoms. The van der Waals surface area contributed by atoms with Crippen LogP contribution < -0.4 is 5.32 Å². The van der Waals surface area contributed by atoms with E-state index in [2.05, 4.69) is 5.32 Å². The van der Waals surface area contributed by atoms with Crippen LogP contribution in [0.1, 0.15) is 26.7 Å². The minimum Gasteiger partial charge on any atom is -0.382 e. The van der Waals surface area contributed by atoms with Gasteiger partial charge in [0, 0.05) is 32.8 Å². The van der Waals surface area contributed by atoms with Crippen LogP contribution in [-0.2, 0) is 9.47 Å². The lowest BCUT2D eigenvalue weighted by molar-refractivity contribution is 0.0380. The Bertz CT molecular complexity index is 238. The highest BCUT2D eigenvalue weighted by Crippen LogP contribution is 2.17. The number of piperidine rings is 1. The molecule has 0 bridgehead atoms. The average Bonchev–Trinajstić information content (AvgIpc) is 2.34. The van der Waals surface area contributed by atoms with E-state index >= 15 is 0 Å². The van der Waals surface area contributed by atoms with Gasteiger partial charge in [-0.25, -0.2) is 4.79 Å². The molecule has 0 unspecified atom stereocenters. The van der Waals surface area contributed by atoms with Crippen molar-refractivity contribution in [2.45, 2.75) is 32.7 Å². The van der Waals surface area contributed by atoms with Gasteiger partial charge in [0.1, 0.15) is 0 Å². The molecule has 1 aliphatic rings. The van der Waals surface area contributed by atoms with Gasteiger partial charge in [-0.3, -0.25) is 0 Å². The Morgan fingerprint density at radius 1 is 1.33 bits per heavy atom. The summed E-state index contributed by atoms with van der Waals surface area (Å²) in [6, 6.07) is 0.261. The number of nitrogens with zero attached hydrogens (tertiary/aromatic N) is 1. The summed E-state index contributed by atoms with van der Waals surface area (Å²) in [5, 5.41) is 2.93. The highest BCUT2D eigenvalue weighted by atomic mass is 16.5. The third-order valence-electron chi connectivity index (χ3n) is 3.10. The predicted octanol–water partition coefficient (Wildman–Crippen LogP) is 1.48. The Balaban J connectivity index is 2.14. The molecule has 5 heteroatoms. The molecule has 0 aromatic heterocycles. The van der Waals surface area contributed by atoms with E-state index in [-0.39, 0.29) is 12.1 Å². The summed E-state index contributed by atoms with van der Waals surface area (Å²) < 4.78 is 10.5. The fourth-order valence-corrected chi connectivity index (χ4v) is 2.03. The molecule has 0 radical (unpaired) electrons. The number of urea groups is 1. The van der Waals surface area contributed by atoms with Gasteiger partial charge in [0.2, 0.25) is 0 Å². The van der Waals surface area contributed by atoms with Crippen molar-refractivity contribution in [1.82, 2.24) is 10.2 Å². The largest absolute Gasteiger partial charge is 0.382 e. The molecule has 1 rings (SSSR count). The zero-order chi connectivity index (χ0) is 13.4. The molecule has 1 N–H and O–H groups in total. The number of amides is 2. The van der Waals surface area contributed by atoms with Crippen molar-refractivity contribution < 1.29 is 14.3 Å². The van der Waals surface area contributed by atoms with Gasteiger partial charge in [-0.05, 0) is 32.6 Å². The topological polar surface area (TPSA) is 50.8 Å². The minimum absolute atomic E-state index is 0.0590. The van der Waals surface area contributed by atoms with Crippen LogP contribution in [-0.4, -0.2) is 57.0 Å². The molecular formula is C13H26N2O3. The quantitative estimate of drug-likeness (QED) is 0.734. The van der Waals surface area contributed by atoms with Crippen molar-refractivity contribution in [2.24, 2.45) is 5.92 Å². The van der Waals surface area contributed by atoms with E-state index in [0.717, 1.165) is 32.5 Å². The number of carbonyl (C=O) groups excluding carboxylic acids is 1. The summed E-state index contributed by atoms with van der Waals surface area (Å²) in [6.07, 6.45) is 2.05. The van der Waals surface area contributed by atoms with Crippen molar-refractivity contribution in [3.8, 4) is 0 Å². The molecular weight excluding hydrogens is 232 g/mol. The minimum atomic E-state index is 0.0590. The van der Waals surface area contributed by atoms with Gasteiger partial charge in [-0.15, -0.1) is 0 Å². The van der Waals surface area contributed by atoms with Gasteiger partial charge in [-0.2, -0.15) is 0 Å². The Morgan fingerprint density at radius 3 is 2.56 bits per heavy atom. The molecule has 0 aromatic rings. The van der Waals surface area contributed by atoms with E-state index in [9.17, 15) is 4.79 Å². The molecule has 0 spiro atoms. The number of nitrogens with one attached hydrogen (secondary N) is 1. The summed E-state index contributed by atoms with van der Waals surface area (Å²) in [6.45, 7) is 7.71. The summed E-state index contributed by atoms with van der Waals surface area (Å²) in [7, 11) is 1.68. The first-order valence-corrected chi connectivity index (χ1v) is 6.75. The predicted molar refractivity (Wildman–Crippen MR) is 70.7 cm³/mol. The lowest BCUT2D eigenvalue weighted by Crippen LogP contribution is -2.46. The van der Waals surface area contributed by atoms with E-state index in [1.165, 1.54) is 0 Å². The molecule has 1 saturated heterocycles. The monoisotopic (exact) mass is 258 g/mol. The number of likely N-dealkylation sites (tertiary alicyclic amines) is 1. The Morgan fingerprint density at radius 2 is 2.00 bits per heavy atom. The van der Waals surface area contributed by atoms with Crippen molar-refractivity contribution in [3.63, 3.8) is 0 Å². The van der Waals surface area contributed by atoms with Crippen molar-refractivity contribution in [3.05, 3.63) is 0 Å². The summed E-state index contributed by atoms with van der Waals surface area (Å²) in [5.41, 5.74) is 0. The van der Waals surface area contributed by atoms with Crippen LogP contribution in [0.2, 0.25) is 0 Å². The normalized spacial score (nSPS) is 17.2. The maximum atomic E-state index is 11.8. The molecule has 1 fully saturated rings. The van der Waals surface area contributed by atoms with Gasteiger partial charge in [0.15, 0.2) is 0 Å². The fourth-order valence-electron chi connectivity index (χ4n) is 2.03. The SMILES string of the molecule is COCCOCC1CCN(C(=O)NC(C)C)CC1. The third-order valence-corrected chi connectivity index (χ3v) is 3.10. The van der Waals surface area contributed by atoms with Crippen molar-refractivity contribution in [2.75, 3.05) is 40.0 Å². The summed E-state index contributed by atoms with van der Waals surface area (Å²) >= 11 is 0. The third kappa shape index (κ3) is 5.69. The maximum Gasteiger partial charge on any atom is 0.317 e. The molecule has 0 saturated carbocycles. The number of rotatable bonds is 6. The highest BCUT2D eigenvalue weighted by Gasteiger charge is 2.22. The standard InChI is InChI=1S/C13H26N2O3/c1-11(2)14-13(16)15-6-4-12(5-7-15)10-18-9-8-17-3/h11-12H,4-10H2,1-3H3,(H,14,16). The number of ether oxygens (including phenoxy) is 2. The summed E-state index contributed by atoms with van der Waals surface area (Å²) in [4.78, 5) is 13.7. The van der Waals surface area contributed by atoms with E-state index in [4.69, 9.17) is 9.47 Å². The molecule has 1 heterocycles. The van der Waals surface area contributed by atoms with Gasteiger partial charge in [0.05, 0.1) is 13.2 Å². The second-order valence-electron chi connectivity index (χ2n) is 5.10. The van der Waals surface area contributed by atoms with Crippen LogP contribution in [0, 0.1) is 5.92 Å². The number of methoxy groups -OCH3 is 1. The van der Waals surface area contributed by atoms with Crippen LogP contribution in [0.3, 0.4) is 0 Å². The second kappa shape index (κ2) is 8.32. The molecule has 106 valence electrons. The Labute approximate surface area is 110 Å². The van der Waals surface area contributed by atoms with E-state index in [1.54, 1.807) is 7.11 Å². The van der Waals surface area contributed by atoms with Gasteiger partial charge in [0.25, 0.3) is 0 Å². The first-order valence-electron chi connectivity index (χ1n) is 6.75.